The van der Waals surface area contributed by atoms with Crippen molar-refractivity contribution in [2.45, 2.75) is 49.5 Å². The zero-order valence-electron chi connectivity index (χ0n) is 14.2. The molecule has 1 aliphatic carbocycles. The highest BCUT2D eigenvalue weighted by Gasteiger charge is 2.46. The van der Waals surface area contributed by atoms with Gasteiger partial charge in [-0.1, -0.05) is 48.9 Å². The fourth-order valence-corrected chi connectivity index (χ4v) is 6.01. The largest absolute Gasteiger partial charge is 0.243 e. The molecule has 0 unspecified atom stereocenters. The van der Waals surface area contributed by atoms with E-state index in [4.69, 9.17) is 0 Å². The van der Waals surface area contributed by atoms with Gasteiger partial charge in [0.25, 0.3) is 0 Å². The molecule has 1 saturated heterocycles. The molecular formula is C20H23NO2S. The van der Waals surface area contributed by atoms with Gasteiger partial charge in [-0.05, 0) is 54.9 Å². The van der Waals surface area contributed by atoms with E-state index in [1.54, 1.807) is 16.4 Å². The first-order chi connectivity index (χ1) is 11.4. The standard InChI is InChI=1S/C20H23NO2S/c1-15-7-9-18(10-8-15)24(22,23)21-12-11-20(2)14-17(21)13-16-5-3-4-6-19(16)20/h3-10,17H,11-14H2,1-2H3/t17-,20-/m0/s1. The van der Waals surface area contributed by atoms with Gasteiger partial charge < -0.3 is 0 Å². The van der Waals surface area contributed by atoms with Gasteiger partial charge >= 0.3 is 0 Å². The van der Waals surface area contributed by atoms with Crippen molar-refractivity contribution in [3.63, 3.8) is 0 Å². The summed E-state index contributed by atoms with van der Waals surface area (Å²) in [5, 5.41) is 0. The lowest BCUT2D eigenvalue weighted by Gasteiger charge is -2.49. The summed E-state index contributed by atoms with van der Waals surface area (Å²) >= 11 is 0. The molecule has 0 spiro atoms. The highest BCUT2D eigenvalue weighted by Crippen LogP contribution is 2.45. The summed E-state index contributed by atoms with van der Waals surface area (Å²) in [6, 6.07) is 15.8. The molecule has 1 aliphatic heterocycles. The molecular weight excluding hydrogens is 318 g/mol. The van der Waals surface area contributed by atoms with E-state index < -0.39 is 10.0 Å². The molecule has 1 fully saturated rings. The van der Waals surface area contributed by atoms with Crippen molar-refractivity contribution in [2.24, 2.45) is 0 Å². The van der Waals surface area contributed by atoms with Crippen molar-refractivity contribution in [2.75, 3.05) is 6.54 Å². The summed E-state index contributed by atoms with van der Waals surface area (Å²) in [5.74, 6) is 0. The predicted molar refractivity (Wildman–Crippen MR) is 95.6 cm³/mol. The number of hydrogen-bond donors (Lipinski definition) is 0. The summed E-state index contributed by atoms with van der Waals surface area (Å²) in [4.78, 5) is 0.413. The van der Waals surface area contributed by atoms with Crippen LogP contribution in [0.3, 0.4) is 0 Å². The number of aryl methyl sites for hydroxylation is 1. The maximum absolute atomic E-state index is 13.1. The van der Waals surface area contributed by atoms with Gasteiger partial charge in [0.1, 0.15) is 0 Å². The number of fused-ring (bicyclic) bond motifs is 4. The summed E-state index contributed by atoms with van der Waals surface area (Å²) in [7, 11) is -3.43. The maximum Gasteiger partial charge on any atom is 0.243 e. The monoisotopic (exact) mass is 341 g/mol. The first-order valence-corrected chi connectivity index (χ1v) is 10.0. The summed E-state index contributed by atoms with van der Waals surface area (Å²) < 4.78 is 28.0. The van der Waals surface area contributed by atoms with Crippen molar-refractivity contribution in [1.29, 1.82) is 0 Å². The highest BCUT2D eigenvalue weighted by molar-refractivity contribution is 7.89. The smallest absolute Gasteiger partial charge is 0.207 e. The van der Waals surface area contributed by atoms with Crippen molar-refractivity contribution in [3.8, 4) is 0 Å². The Morgan fingerprint density at radius 2 is 1.79 bits per heavy atom. The molecule has 1 heterocycles. The molecule has 2 aromatic rings. The van der Waals surface area contributed by atoms with Gasteiger partial charge in [-0.2, -0.15) is 4.31 Å². The van der Waals surface area contributed by atoms with E-state index in [1.807, 2.05) is 19.1 Å². The van der Waals surface area contributed by atoms with Crippen LogP contribution in [0.25, 0.3) is 0 Å². The van der Waals surface area contributed by atoms with Crippen LogP contribution in [-0.4, -0.2) is 25.3 Å². The molecule has 0 amide bonds. The van der Waals surface area contributed by atoms with Crippen LogP contribution in [0.15, 0.2) is 53.4 Å². The maximum atomic E-state index is 13.1. The Bertz CT molecular complexity index is 873. The van der Waals surface area contributed by atoms with Gasteiger partial charge in [-0.3, -0.25) is 0 Å². The molecule has 0 N–H and O–H groups in total. The Balaban J connectivity index is 1.72. The molecule has 4 heteroatoms. The quantitative estimate of drug-likeness (QED) is 0.836. The van der Waals surface area contributed by atoms with E-state index in [1.165, 1.54) is 11.1 Å². The molecule has 126 valence electrons. The number of benzene rings is 2. The van der Waals surface area contributed by atoms with Crippen molar-refractivity contribution in [3.05, 3.63) is 65.2 Å². The highest BCUT2D eigenvalue weighted by atomic mass is 32.2. The van der Waals surface area contributed by atoms with Gasteiger partial charge in [0, 0.05) is 12.6 Å². The van der Waals surface area contributed by atoms with E-state index >= 15 is 0 Å². The van der Waals surface area contributed by atoms with Crippen LogP contribution in [0.4, 0.5) is 0 Å². The molecule has 4 rings (SSSR count). The van der Waals surface area contributed by atoms with E-state index in [2.05, 4.69) is 31.2 Å². The Hall–Kier alpha value is -1.65. The van der Waals surface area contributed by atoms with Crippen LogP contribution in [-0.2, 0) is 21.9 Å². The summed E-state index contributed by atoms with van der Waals surface area (Å²) in [6.07, 6.45) is 2.61. The lowest BCUT2D eigenvalue weighted by Crippen LogP contribution is -2.53. The van der Waals surface area contributed by atoms with E-state index in [-0.39, 0.29) is 11.5 Å². The second-order valence-corrected chi connectivity index (χ2v) is 9.35. The minimum absolute atomic E-state index is 0.0601. The zero-order valence-corrected chi connectivity index (χ0v) is 15.0. The van der Waals surface area contributed by atoms with Crippen LogP contribution in [0.2, 0.25) is 0 Å². The first-order valence-electron chi connectivity index (χ1n) is 8.57. The Morgan fingerprint density at radius 1 is 1.08 bits per heavy atom. The predicted octanol–water partition coefficient (Wildman–Crippen LogP) is 3.66. The van der Waals surface area contributed by atoms with Crippen LogP contribution >= 0.6 is 0 Å². The normalized spacial score (nSPS) is 26.8. The molecule has 0 radical (unpaired) electrons. The number of piperidine rings is 1. The van der Waals surface area contributed by atoms with Crippen molar-refractivity contribution >= 4 is 10.0 Å². The van der Waals surface area contributed by atoms with Crippen LogP contribution < -0.4 is 0 Å². The molecule has 2 atom stereocenters. The van der Waals surface area contributed by atoms with Gasteiger partial charge in [0.15, 0.2) is 0 Å². The molecule has 2 bridgehead atoms. The Labute approximate surface area is 144 Å². The van der Waals surface area contributed by atoms with Gasteiger partial charge in [0.05, 0.1) is 4.90 Å². The van der Waals surface area contributed by atoms with E-state index in [9.17, 15) is 8.42 Å². The fraction of sp³-hybridized carbons (Fsp3) is 0.400. The second-order valence-electron chi connectivity index (χ2n) is 7.46. The number of rotatable bonds is 2. The molecule has 0 saturated carbocycles. The molecule has 2 aromatic carbocycles. The van der Waals surface area contributed by atoms with Crippen molar-refractivity contribution in [1.82, 2.24) is 4.31 Å². The molecule has 24 heavy (non-hydrogen) atoms. The van der Waals surface area contributed by atoms with Gasteiger partial charge in [-0.25, -0.2) is 8.42 Å². The van der Waals surface area contributed by atoms with Gasteiger partial charge in [0.2, 0.25) is 10.0 Å². The molecule has 0 aromatic heterocycles. The van der Waals surface area contributed by atoms with Gasteiger partial charge in [-0.15, -0.1) is 0 Å². The van der Waals surface area contributed by atoms with Crippen molar-refractivity contribution < 1.29 is 8.42 Å². The minimum Gasteiger partial charge on any atom is -0.207 e. The third kappa shape index (κ3) is 2.40. The third-order valence-electron chi connectivity index (χ3n) is 5.73. The summed E-state index contributed by atoms with van der Waals surface area (Å²) in [5.41, 5.74) is 3.89. The van der Waals surface area contributed by atoms with E-state index in [0.29, 0.717) is 11.4 Å². The number of nitrogens with zero attached hydrogens (tertiary/aromatic N) is 1. The number of sulfonamides is 1. The number of hydrogen-bond acceptors (Lipinski definition) is 2. The summed E-state index contributed by atoms with van der Waals surface area (Å²) in [6.45, 7) is 4.86. The Kier molecular flexibility index (Phi) is 3.59. The van der Waals surface area contributed by atoms with Crippen LogP contribution in [0.5, 0.6) is 0 Å². The van der Waals surface area contributed by atoms with Crippen LogP contribution in [0.1, 0.15) is 36.5 Å². The first kappa shape index (κ1) is 15.9. The Morgan fingerprint density at radius 3 is 2.54 bits per heavy atom. The SMILES string of the molecule is Cc1ccc(S(=O)(=O)N2CC[C@@]3(C)C[C@@H]2Cc2ccccc23)cc1. The van der Waals surface area contributed by atoms with E-state index in [0.717, 1.165) is 24.8 Å². The fourth-order valence-electron chi connectivity index (χ4n) is 4.39. The second kappa shape index (κ2) is 5.43. The average molecular weight is 341 g/mol. The lowest BCUT2D eigenvalue weighted by atomic mass is 9.66. The zero-order chi connectivity index (χ0) is 16.9. The lowest BCUT2D eigenvalue weighted by molar-refractivity contribution is 0.161. The topological polar surface area (TPSA) is 37.4 Å². The molecule has 3 nitrogen and oxygen atoms in total. The average Bonchev–Trinajstić information content (AvgIpc) is 2.55. The van der Waals surface area contributed by atoms with Crippen LogP contribution in [0, 0.1) is 6.92 Å². The molecule has 2 aliphatic rings. The third-order valence-corrected chi connectivity index (χ3v) is 7.69. The minimum atomic E-state index is -3.43.